The summed E-state index contributed by atoms with van der Waals surface area (Å²) in [5.74, 6) is -1.38. The van der Waals surface area contributed by atoms with Crippen molar-refractivity contribution in [3.63, 3.8) is 0 Å². The minimum absolute atomic E-state index is 0.0149. The van der Waals surface area contributed by atoms with E-state index in [1.165, 1.54) is 47.4 Å². The van der Waals surface area contributed by atoms with E-state index in [2.05, 4.69) is 9.64 Å². The highest BCUT2D eigenvalue weighted by Crippen LogP contribution is 2.37. The number of hydrogen-bond acceptors (Lipinski definition) is 9. The van der Waals surface area contributed by atoms with Crippen LogP contribution in [0, 0.1) is 16.9 Å². The number of piperidine rings is 3. The van der Waals surface area contributed by atoms with Crippen LogP contribution < -0.4 is 19.1 Å². The van der Waals surface area contributed by atoms with Crippen molar-refractivity contribution in [2.75, 3.05) is 24.5 Å². The van der Waals surface area contributed by atoms with Crippen molar-refractivity contribution < 1.29 is 46.4 Å². The lowest BCUT2D eigenvalue weighted by molar-refractivity contribution is -0.605. The molecular weight excluding hydrogens is 758 g/mol. The third-order valence-electron chi connectivity index (χ3n) is 9.03. The Balaban J connectivity index is 1.26. The number of fused-ring (bicyclic) bond motifs is 3. The Hall–Kier alpha value is -4.24. The van der Waals surface area contributed by atoms with E-state index in [4.69, 9.17) is 37.4 Å². The lowest BCUT2D eigenvalue weighted by Gasteiger charge is -2.44. The molecule has 1 unspecified atom stereocenters. The van der Waals surface area contributed by atoms with E-state index < -0.39 is 36.7 Å². The van der Waals surface area contributed by atoms with Gasteiger partial charge in [0, 0.05) is 28.8 Å². The average Bonchev–Trinajstić information content (AvgIpc) is 3.58. The number of alkyl halides is 2. The summed E-state index contributed by atoms with van der Waals surface area (Å²) < 4.78 is 64.3. The standard InChI is InChI=1S/C37H36Cl2F3N3O7S/c1-21(2)49-33-14-23(7-8-31(33)51-36(41)42)32(15-26-27(38)17-44(48)18-28(26)39)50-35(46)24-13-25(53-20-24)16-45(30-6-4-3-5-29(30)40)37(47)52-34-19-43-11-9-22(34)10-12-43/h3-8,13-14,17-18,20-22,32,34,36H,9-12,15-16,19H2,1-2H3/t32?,34-/m0/s1. The molecule has 2 aromatic heterocycles. The molecular formula is C37H36Cl2F3N3O7S. The number of hydrogen-bond donors (Lipinski definition) is 0. The Labute approximate surface area is 318 Å². The van der Waals surface area contributed by atoms with E-state index in [0.29, 0.717) is 27.3 Å². The molecule has 4 aromatic rings. The van der Waals surface area contributed by atoms with Crippen LogP contribution in [0.1, 0.15) is 59.2 Å². The van der Waals surface area contributed by atoms with Gasteiger partial charge in [0.25, 0.3) is 0 Å². The second-order valence-corrected chi connectivity index (χ2v) is 14.9. The van der Waals surface area contributed by atoms with E-state index in [1.54, 1.807) is 25.3 Å². The summed E-state index contributed by atoms with van der Waals surface area (Å²) in [5, 5.41) is 13.5. The van der Waals surface area contributed by atoms with Gasteiger partial charge < -0.3 is 24.2 Å². The molecule has 0 spiro atoms. The Morgan fingerprint density at radius 2 is 1.75 bits per heavy atom. The molecule has 0 saturated carbocycles. The van der Waals surface area contributed by atoms with Gasteiger partial charge in [0.05, 0.1) is 23.9 Å². The molecule has 53 heavy (non-hydrogen) atoms. The minimum atomic E-state index is -3.12. The second kappa shape index (κ2) is 16.8. The maximum atomic E-state index is 15.1. The van der Waals surface area contributed by atoms with Crippen LogP contribution in [-0.4, -0.2) is 55.4 Å². The Kier molecular flexibility index (Phi) is 12.2. The lowest BCUT2D eigenvalue weighted by Crippen LogP contribution is -2.53. The van der Waals surface area contributed by atoms with E-state index in [0.717, 1.165) is 49.7 Å². The fraction of sp³-hybridized carbons (Fsp3) is 0.378. The first-order chi connectivity index (χ1) is 25.3. The smallest absolute Gasteiger partial charge is 0.415 e. The van der Waals surface area contributed by atoms with Gasteiger partial charge in [0.1, 0.15) is 28.1 Å². The zero-order valence-corrected chi connectivity index (χ0v) is 31.0. The number of pyridine rings is 1. The van der Waals surface area contributed by atoms with E-state index in [-0.39, 0.29) is 57.8 Å². The monoisotopic (exact) mass is 793 g/mol. The molecule has 3 aliphatic heterocycles. The van der Waals surface area contributed by atoms with Gasteiger partial charge in [-0.25, -0.2) is 14.0 Å². The normalized spacial score (nSPS) is 18.5. The summed E-state index contributed by atoms with van der Waals surface area (Å²) >= 11 is 13.9. The van der Waals surface area contributed by atoms with Gasteiger partial charge in [-0.1, -0.05) is 41.4 Å². The summed E-state index contributed by atoms with van der Waals surface area (Å²) in [4.78, 5) is 31.4. The second-order valence-electron chi connectivity index (χ2n) is 13.0. The Bertz CT molecular complexity index is 1920. The summed E-state index contributed by atoms with van der Waals surface area (Å²) in [6, 6.07) is 11.6. The molecule has 0 radical (unpaired) electrons. The van der Waals surface area contributed by atoms with Crippen LogP contribution in [-0.2, 0) is 22.4 Å². The first-order valence-electron chi connectivity index (χ1n) is 16.9. The molecule has 2 aromatic carbocycles. The maximum absolute atomic E-state index is 15.1. The molecule has 1 amide bonds. The van der Waals surface area contributed by atoms with Crippen LogP contribution in [0.5, 0.6) is 11.5 Å². The third kappa shape index (κ3) is 9.47. The van der Waals surface area contributed by atoms with E-state index >= 15 is 4.39 Å². The molecule has 3 saturated heterocycles. The third-order valence-corrected chi connectivity index (χ3v) is 10.6. The van der Waals surface area contributed by atoms with Crippen molar-refractivity contribution in [3.8, 4) is 11.5 Å². The zero-order valence-electron chi connectivity index (χ0n) is 28.7. The molecule has 0 N–H and O–H groups in total. The quantitative estimate of drug-likeness (QED) is 0.0754. The first-order valence-corrected chi connectivity index (χ1v) is 18.5. The van der Waals surface area contributed by atoms with Crippen LogP contribution in [0.15, 0.2) is 66.3 Å². The molecule has 5 heterocycles. The number of esters is 1. The summed E-state index contributed by atoms with van der Waals surface area (Å²) in [5.41, 5.74) is 0.794. The number of rotatable bonds is 13. The number of nitrogens with zero attached hydrogens (tertiary/aromatic N) is 3. The van der Waals surface area contributed by atoms with E-state index in [1.807, 2.05) is 0 Å². The largest absolute Gasteiger partial charge is 0.619 e. The highest BCUT2D eigenvalue weighted by Gasteiger charge is 2.38. The Morgan fingerprint density at radius 3 is 2.40 bits per heavy atom. The fourth-order valence-corrected chi connectivity index (χ4v) is 7.92. The number of benzene rings is 2. The molecule has 0 aliphatic carbocycles. The van der Waals surface area contributed by atoms with Crippen molar-refractivity contribution in [3.05, 3.63) is 109 Å². The van der Waals surface area contributed by atoms with Crippen LogP contribution in [0.25, 0.3) is 0 Å². The topological polar surface area (TPSA) is 104 Å². The number of aromatic nitrogens is 1. The van der Waals surface area contributed by atoms with Crippen molar-refractivity contribution >= 4 is 52.3 Å². The zero-order chi connectivity index (χ0) is 37.8. The molecule has 2 bridgehead atoms. The highest BCUT2D eigenvalue weighted by atomic mass is 35.5. The molecule has 10 nitrogen and oxygen atoms in total. The number of anilines is 1. The van der Waals surface area contributed by atoms with Gasteiger partial charge in [0.2, 0.25) is 0 Å². The molecule has 7 rings (SSSR count). The molecule has 3 fully saturated rings. The number of thiophene rings is 1. The number of ether oxygens (including phenoxy) is 4. The van der Waals surface area contributed by atoms with Crippen molar-refractivity contribution in [1.29, 1.82) is 0 Å². The molecule has 282 valence electrons. The van der Waals surface area contributed by atoms with Crippen LogP contribution in [0.4, 0.5) is 23.7 Å². The maximum Gasteiger partial charge on any atom is 0.415 e. The summed E-state index contributed by atoms with van der Waals surface area (Å²) in [7, 11) is 0. The first kappa shape index (κ1) is 38.5. The van der Waals surface area contributed by atoms with Crippen LogP contribution in [0.2, 0.25) is 10.0 Å². The van der Waals surface area contributed by atoms with Crippen molar-refractivity contribution in [2.24, 2.45) is 5.92 Å². The van der Waals surface area contributed by atoms with Crippen molar-refractivity contribution in [2.45, 2.75) is 64.6 Å². The van der Waals surface area contributed by atoms with Gasteiger partial charge in [-0.05, 0) is 81.6 Å². The van der Waals surface area contributed by atoms with E-state index in [9.17, 15) is 23.6 Å². The lowest BCUT2D eigenvalue weighted by atomic mass is 9.86. The number of halogens is 5. The minimum Gasteiger partial charge on any atom is -0.619 e. The fourth-order valence-electron chi connectivity index (χ4n) is 6.48. The highest BCUT2D eigenvalue weighted by molar-refractivity contribution is 7.10. The summed E-state index contributed by atoms with van der Waals surface area (Å²) in [6.07, 6.45) is 1.42. The molecule has 3 aliphatic rings. The van der Waals surface area contributed by atoms with Gasteiger partial charge in [-0.2, -0.15) is 13.5 Å². The SMILES string of the molecule is CC(C)Oc1cc(C(Cc2c(Cl)c[n+]([O-])cc2Cl)OC(=O)c2csc(CN(C(=O)O[C@H]3CN4CCC3CC4)c3ccccc3F)c2)ccc1OC(F)F. The van der Waals surface area contributed by atoms with Gasteiger partial charge in [0.15, 0.2) is 23.9 Å². The number of amides is 1. The summed E-state index contributed by atoms with van der Waals surface area (Å²) in [6.45, 7) is 2.75. The predicted molar refractivity (Wildman–Crippen MR) is 192 cm³/mol. The van der Waals surface area contributed by atoms with Gasteiger partial charge >= 0.3 is 18.7 Å². The van der Waals surface area contributed by atoms with Crippen molar-refractivity contribution in [1.82, 2.24) is 4.90 Å². The molecule has 2 atom stereocenters. The van der Waals surface area contributed by atoms with Crippen LogP contribution >= 0.6 is 34.5 Å². The molecule has 16 heteroatoms. The van der Waals surface area contributed by atoms with Crippen LogP contribution in [0.3, 0.4) is 0 Å². The Morgan fingerprint density at radius 1 is 1.04 bits per heavy atom. The number of carbonyl (C=O) groups excluding carboxylic acids is 2. The average molecular weight is 795 g/mol. The van der Waals surface area contributed by atoms with Gasteiger partial charge in [-0.3, -0.25) is 9.80 Å². The number of para-hydroxylation sites is 1. The predicted octanol–water partition coefficient (Wildman–Crippen LogP) is 8.59. The number of carbonyl (C=O) groups is 2. The van der Waals surface area contributed by atoms with Gasteiger partial charge in [-0.15, -0.1) is 11.3 Å².